The van der Waals surface area contributed by atoms with Crippen LogP contribution in [-0.4, -0.2) is 5.11 Å². The molecule has 2 aromatic carbocycles. The first-order valence-electron chi connectivity index (χ1n) is 6.37. The number of aromatic hydroxyl groups is 1. The third-order valence-corrected chi connectivity index (χ3v) is 4.42. The van der Waals surface area contributed by atoms with E-state index in [0.29, 0.717) is 16.5 Å². The molecule has 0 unspecified atom stereocenters. The molecule has 0 aliphatic carbocycles. The monoisotopic (exact) mass is 293 g/mol. The Balaban J connectivity index is 2.30. The predicted octanol–water partition coefficient (Wildman–Crippen LogP) is 3.81. The number of benzene rings is 2. The van der Waals surface area contributed by atoms with Crippen molar-refractivity contribution in [1.82, 2.24) is 0 Å². The zero-order valence-corrected chi connectivity index (χ0v) is 12.1. The number of phenols is 1. The molecule has 0 spiro atoms. The van der Waals surface area contributed by atoms with E-state index < -0.39 is 0 Å². The molecular formula is C17H11NO2S. The zero-order chi connectivity index (χ0) is 15.0. The second-order valence-electron chi connectivity index (χ2n) is 4.73. The highest BCUT2D eigenvalue weighted by molar-refractivity contribution is 7.18. The lowest BCUT2D eigenvalue weighted by molar-refractivity contribution is 0.476. The summed E-state index contributed by atoms with van der Waals surface area (Å²) in [6.45, 7) is 1.89. The fourth-order valence-electron chi connectivity index (χ4n) is 2.34. The van der Waals surface area contributed by atoms with Crippen molar-refractivity contribution in [3.63, 3.8) is 0 Å². The molecule has 4 heteroatoms. The molecule has 0 amide bonds. The third kappa shape index (κ3) is 2.28. The number of nitriles is 1. The third-order valence-electron chi connectivity index (χ3n) is 3.35. The molecule has 3 nitrogen and oxygen atoms in total. The average molecular weight is 293 g/mol. The van der Waals surface area contributed by atoms with E-state index in [1.165, 1.54) is 17.4 Å². The smallest absolute Gasteiger partial charge is 0.196 e. The minimum absolute atomic E-state index is 0.0500. The topological polar surface area (TPSA) is 61.1 Å². The first-order chi connectivity index (χ1) is 10.1. The summed E-state index contributed by atoms with van der Waals surface area (Å²) in [6.07, 6.45) is 0. The molecule has 21 heavy (non-hydrogen) atoms. The fourth-order valence-corrected chi connectivity index (χ4v) is 3.43. The Kier molecular flexibility index (Phi) is 3.20. The highest BCUT2D eigenvalue weighted by Crippen LogP contribution is 2.30. The first kappa shape index (κ1) is 13.3. The number of rotatable bonds is 1. The van der Waals surface area contributed by atoms with E-state index in [-0.39, 0.29) is 11.2 Å². The molecule has 0 saturated heterocycles. The summed E-state index contributed by atoms with van der Waals surface area (Å²) >= 11 is 1.48. The fraction of sp³-hybridized carbons (Fsp3) is 0.0588. The average Bonchev–Trinajstić information content (AvgIpc) is 2.47. The molecular weight excluding hydrogens is 282 g/mol. The van der Waals surface area contributed by atoms with Crippen LogP contribution in [0.4, 0.5) is 0 Å². The van der Waals surface area contributed by atoms with Crippen molar-refractivity contribution >= 4 is 21.4 Å². The first-order valence-corrected chi connectivity index (χ1v) is 7.19. The summed E-state index contributed by atoms with van der Waals surface area (Å²) in [5, 5.41) is 19.0. The molecule has 0 saturated carbocycles. The molecule has 3 rings (SSSR count). The van der Waals surface area contributed by atoms with E-state index in [1.54, 1.807) is 36.4 Å². The number of fused-ring (bicyclic) bond motifs is 1. The molecule has 0 radical (unpaired) electrons. The van der Waals surface area contributed by atoms with Gasteiger partial charge in [0.15, 0.2) is 5.43 Å². The van der Waals surface area contributed by atoms with Gasteiger partial charge in [-0.25, -0.2) is 0 Å². The molecule has 0 atom stereocenters. The Bertz CT molecular complexity index is 934. The Morgan fingerprint density at radius 2 is 1.86 bits per heavy atom. The normalized spacial score (nSPS) is 10.5. The van der Waals surface area contributed by atoms with Gasteiger partial charge in [0.2, 0.25) is 0 Å². The highest BCUT2D eigenvalue weighted by Gasteiger charge is 2.12. The Hall–Kier alpha value is -2.64. The maximum absolute atomic E-state index is 12.7. The molecule has 102 valence electrons. The van der Waals surface area contributed by atoms with E-state index in [4.69, 9.17) is 5.26 Å². The minimum atomic E-state index is -0.0500. The molecule has 0 aliphatic rings. The Morgan fingerprint density at radius 3 is 2.52 bits per heavy atom. The van der Waals surface area contributed by atoms with Crippen molar-refractivity contribution in [2.24, 2.45) is 0 Å². The van der Waals surface area contributed by atoms with E-state index >= 15 is 0 Å². The summed E-state index contributed by atoms with van der Waals surface area (Å²) in [7, 11) is 0. The Morgan fingerprint density at radius 1 is 1.14 bits per heavy atom. The number of phenolic OH excluding ortho intramolecular Hbond substituents is 1. The van der Waals surface area contributed by atoms with Gasteiger partial charge < -0.3 is 5.11 Å². The molecule has 1 heterocycles. The van der Waals surface area contributed by atoms with Crippen LogP contribution < -0.4 is 5.43 Å². The maximum atomic E-state index is 12.7. The van der Waals surface area contributed by atoms with Crippen molar-refractivity contribution in [3.8, 4) is 22.9 Å². The van der Waals surface area contributed by atoms with Crippen LogP contribution in [0.15, 0.2) is 47.3 Å². The van der Waals surface area contributed by atoms with E-state index in [0.717, 1.165) is 15.1 Å². The molecule has 1 aromatic heterocycles. The van der Waals surface area contributed by atoms with Crippen LogP contribution in [0.5, 0.6) is 5.75 Å². The van der Waals surface area contributed by atoms with Crippen molar-refractivity contribution in [1.29, 1.82) is 5.26 Å². The predicted molar refractivity (Wildman–Crippen MR) is 84.6 cm³/mol. The Labute approximate surface area is 125 Å². The molecule has 0 bridgehead atoms. The van der Waals surface area contributed by atoms with Gasteiger partial charge in [0.25, 0.3) is 0 Å². The van der Waals surface area contributed by atoms with Gasteiger partial charge in [-0.1, -0.05) is 12.1 Å². The lowest BCUT2D eigenvalue weighted by Gasteiger charge is -2.07. The highest BCUT2D eigenvalue weighted by atomic mass is 32.1. The summed E-state index contributed by atoms with van der Waals surface area (Å²) < 4.78 is 0.773. The van der Waals surface area contributed by atoms with Crippen LogP contribution >= 0.6 is 11.3 Å². The summed E-state index contributed by atoms with van der Waals surface area (Å²) in [4.78, 5) is 13.6. The lowest BCUT2D eigenvalue weighted by Crippen LogP contribution is -2.06. The largest absolute Gasteiger partial charge is 0.508 e. The summed E-state index contributed by atoms with van der Waals surface area (Å²) in [5.41, 5.74) is 1.98. The second-order valence-corrected chi connectivity index (χ2v) is 5.99. The van der Waals surface area contributed by atoms with Crippen molar-refractivity contribution in [2.45, 2.75) is 6.92 Å². The molecule has 0 aliphatic heterocycles. The van der Waals surface area contributed by atoms with Crippen LogP contribution in [0, 0.1) is 18.3 Å². The SMILES string of the molecule is Cc1sc2cc(O)ccc2c(=O)c1-c1ccc(C#N)cc1. The van der Waals surface area contributed by atoms with Crippen LogP contribution in [-0.2, 0) is 0 Å². The van der Waals surface area contributed by atoms with Gasteiger partial charge in [0.1, 0.15) is 5.75 Å². The van der Waals surface area contributed by atoms with Gasteiger partial charge in [-0.05, 0) is 42.8 Å². The summed E-state index contributed by atoms with van der Waals surface area (Å²) in [6, 6.07) is 13.8. The standard InChI is InChI=1S/C17H11NO2S/c1-10-16(12-4-2-11(9-18)3-5-12)17(20)14-7-6-13(19)8-15(14)21-10/h2-8,19H,1H3. The van der Waals surface area contributed by atoms with Crippen molar-refractivity contribution in [2.75, 3.05) is 0 Å². The minimum Gasteiger partial charge on any atom is -0.508 e. The lowest BCUT2D eigenvalue weighted by atomic mass is 10.0. The van der Waals surface area contributed by atoms with Gasteiger partial charge in [-0.2, -0.15) is 5.26 Å². The van der Waals surface area contributed by atoms with E-state index in [2.05, 4.69) is 6.07 Å². The number of hydrogen-bond acceptors (Lipinski definition) is 4. The number of aryl methyl sites for hydroxylation is 1. The summed E-state index contributed by atoms with van der Waals surface area (Å²) in [5.74, 6) is 0.156. The molecule has 3 aromatic rings. The van der Waals surface area contributed by atoms with Crippen LogP contribution in [0.3, 0.4) is 0 Å². The van der Waals surface area contributed by atoms with Crippen LogP contribution in [0.25, 0.3) is 21.2 Å². The number of nitrogens with zero attached hydrogens (tertiary/aromatic N) is 1. The van der Waals surface area contributed by atoms with Gasteiger partial charge in [-0.3, -0.25) is 4.79 Å². The quantitative estimate of drug-likeness (QED) is 0.742. The molecule has 0 fully saturated rings. The van der Waals surface area contributed by atoms with Gasteiger partial charge in [-0.15, -0.1) is 11.3 Å². The van der Waals surface area contributed by atoms with Gasteiger partial charge >= 0.3 is 0 Å². The van der Waals surface area contributed by atoms with Crippen molar-refractivity contribution < 1.29 is 5.11 Å². The van der Waals surface area contributed by atoms with E-state index in [9.17, 15) is 9.90 Å². The van der Waals surface area contributed by atoms with Crippen LogP contribution in [0.2, 0.25) is 0 Å². The van der Waals surface area contributed by atoms with E-state index in [1.807, 2.05) is 6.92 Å². The maximum Gasteiger partial charge on any atom is 0.196 e. The van der Waals surface area contributed by atoms with Gasteiger partial charge in [0.05, 0.1) is 11.6 Å². The zero-order valence-electron chi connectivity index (χ0n) is 11.3. The molecule has 1 N–H and O–H groups in total. The van der Waals surface area contributed by atoms with Crippen molar-refractivity contribution in [3.05, 3.63) is 63.1 Å². The second kappa shape index (κ2) is 5.04. The van der Waals surface area contributed by atoms with Gasteiger partial charge in [0, 0.05) is 20.5 Å². The van der Waals surface area contributed by atoms with Crippen LogP contribution in [0.1, 0.15) is 10.4 Å². The number of hydrogen-bond donors (Lipinski definition) is 1.